The number of nitrogens with two attached hydrogens (primary N) is 1. The average molecular weight is 326 g/mol. The van der Waals surface area contributed by atoms with Crippen molar-refractivity contribution in [2.45, 2.75) is 0 Å². The second-order valence-electron chi connectivity index (χ2n) is 2.38. The Labute approximate surface area is 97.5 Å². The first-order valence-corrected chi connectivity index (χ1v) is 4.83. The first-order valence-electron chi connectivity index (χ1n) is 3.37. The predicted octanol–water partition coefficient (Wildman–Crippen LogP) is 1.95. The minimum atomic E-state index is -0.903. The summed E-state index contributed by atoms with van der Waals surface area (Å²) in [6.07, 6.45) is 0. The lowest BCUT2D eigenvalue weighted by atomic mass is 10.2. The highest BCUT2D eigenvalue weighted by Crippen LogP contribution is 2.30. The molecule has 0 atom stereocenters. The molecule has 2 N–H and O–H groups in total. The summed E-state index contributed by atoms with van der Waals surface area (Å²) in [4.78, 5) is 20.8. The van der Waals surface area contributed by atoms with Gasteiger partial charge in [0.15, 0.2) is 0 Å². The van der Waals surface area contributed by atoms with Gasteiger partial charge in [0.25, 0.3) is 11.6 Å². The minimum absolute atomic E-state index is 0.0206. The zero-order valence-corrected chi connectivity index (χ0v) is 9.57. The van der Waals surface area contributed by atoms with Crippen molar-refractivity contribution in [3.8, 4) is 0 Å². The largest absolute Gasteiger partial charge is 0.365 e. The van der Waals surface area contributed by atoms with Gasteiger partial charge in [-0.1, -0.05) is 11.6 Å². The van der Waals surface area contributed by atoms with E-state index < -0.39 is 10.8 Å². The van der Waals surface area contributed by atoms with Crippen molar-refractivity contribution in [1.29, 1.82) is 0 Å². The second kappa shape index (κ2) is 4.09. The molecule has 1 aromatic rings. The average Bonchev–Trinajstić information content (AvgIpc) is 2.08. The number of primary amides is 1. The summed E-state index contributed by atoms with van der Waals surface area (Å²) in [7, 11) is 0. The third-order valence-corrected chi connectivity index (χ3v) is 3.13. The molecule has 0 radical (unpaired) electrons. The maximum Gasteiger partial charge on any atom is 0.283 e. The number of halogens is 2. The zero-order valence-electron chi connectivity index (χ0n) is 6.66. The molecule has 5 nitrogen and oxygen atoms in total. The molecule has 14 heavy (non-hydrogen) atoms. The van der Waals surface area contributed by atoms with Crippen molar-refractivity contribution in [2.75, 3.05) is 0 Å². The molecule has 0 aromatic heterocycles. The SMILES string of the molecule is NC(=O)c1c([N+](=O)[O-])ccc(I)c1Cl. The van der Waals surface area contributed by atoms with E-state index in [-0.39, 0.29) is 16.3 Å². The third-order valence-electron chi connectivity index (χ3n) is 1.52. The van der Waals surface area contributed by atoms with E-state index in [1.807, 2.05) is 22.6 Å². The molecule has 0 unspecified atom stereocenters. The zero-order chi connectivity index (χ0) is 10.9. The van der Waals surface area contributed by atoms with Gasteiger partial charge in [-0.05, 0) is 28.7 Å². The smallest absolute Gasteiger partial charge is 0.283 e. The van der Waals surface area contributed by atoms with Crippen molar-refractivity contribution in [3.05, 3.63) is 36.4 Å². The quantitative estimate of drug-likeness (QED) is 0.512. The number of nitrogens with zero attached hydrogens (tertiary/aromatic N) is 1. The predicted molar refractivity (Wildman–Crippen MR) is 59.3 cm³/mol. The van der Waals surface area contributed by atoms with Gasteiger partial charge in [-0.25, -0.2) is 0 Å². The van der Waals surface area contributed by atoms with Gasteiger partial charge in [-0.3, -0.25) is 14.9 Å². The molecule has 74 valence electrons. The molecule has 0 aliphatic heterocycles. The first kappa shape index (κ1) is 11.2. The van der Waals surface area contributed by atoms with Gasteiger partial charge >= 0.3 is 0 Å². The molecule has 0 saturated carbocycles. The van der Waals surface area contributed by atoms with Crippen LogP contribution < -0.4 is 5.73 Å². The first-order chi connectivity index (χ1) is 6.45. The number of nitro groups is 1. The number of nitro benzene ring substituents is 1. The molecular formula is C7H4ClIN2O3. The Morgan fingerprint density at radius 2 is 2.14 bits per heavy atom. The van der Waals surface area contributed by atoms with Crippen molar-refractivity contribution >= 4 is 45.8 Å². The Morgan fingerprint density at radius 1 is 1.57 bits per heavy atom. The Balaban J connectivity index is 3.53. The van der Waals surface area contributed by atoms with Crippen LogP contribution in [0.1, 0.15) is 10.4 Å². The van der Waals surface area contributed by atoms with E-state index in [2.05, 4.69) is 0 Å². The van der Waals surface area contributed by atoms with Crippen molar-refractivity contribution in [3.63, 3.8) is 0 Å². The lowest BCUT2D eigenvalue weighted by Gasteiger charge is -2.02. The van der Waals surface area contributed by atoms with E-state index in [1.54, 1.807) is 0 Å². The molecule has 1 aromatic carbocycles. The molecule has 0 heterocycles. The van der Waals surface area contributed by atoms with Crippen LogP contribution in [0.3, 0.4) is 0 Å². The summed E-state index contributed by atoms with van der Waals surface area (Å²) in [5.41, 5.74) is 4.37. The number of hydrogen-bond acceptors (Lipinski definition) is 3. The normalized spacial score (nSPS) is 9.86. The molecule has 7 heteroatoms. The molecule has 0 bridgehead atoms. The Bertz CT molecular complexity index is 422. The van der Waals surface area contributed by atoms with Crippen LogP contribution in [0.15, 0.2) is 12.1 Å². The van der Waals surface area contributed by atoms with Gasteiger partial charge in [0.1, 0.15) is 5.56 Å². The fourth-order valence-electron chi connectivity index (χ4n) is 0.927. The second-order valence-corrected chi connectivity index (χ2v) is 3.92. The van der Waals surface area contributed by atoms with Crippen LogP contribution in [0, 0.1) is 13.7 Å². The van der Waals surface area contributed by atoms with Gasteiger partial charge in [0, 0.05) is 9.64 Å². The number of rotatable bonds is 2. The monoisotopic (exact) mass is 326 g/mol. The number of benzene rings is 1. The standard InChI is InChI=1S/C7H4ClIN2O3/c8-6-3(9)1-2-4(11(13)14)5(6)7(10)12/h1-2H,(H2,10,12). The summed E-state index contributed by atoms with van der Waals surface area (Å²) in [6, 6.07) is 2.65. The summed E-state index contributed by atoms with van der Waals surface area (Å²) in [6.45, 7) is 0. The summed E-state index contributed by atoms with van der Waals surface area (Å²) in [5.74, 6) is -0.903. The van der Waals surface area contributed by atoms with E-state index in [4.69, 9.17) is 17.3 Å². The van der Waals surface area contributed by atoms with Crippen molar-refractivity contribution < 1.29 is 9.72 Å². The minimum Gasteiger partial charge on any atom is -0.365 e. The van der Waals surface area contributed by atoms with Gasteiger partial charge < -0.3 is 5.73 Å². The maximum atomic E-state index is 10.9. The van der Waals surface area contributed by atoms with Crippen LogP contribution in [0.25, 0.3) is 0 Å². The molecule has 0 spiro atoms. The fourth-order valence-corrected chi connectivity index (χ4v) is 1.63. The highest BCUT2D eigenvalue weighted by Gasteiger charge is 2.22. The molecule has 0 aliphatic carbocycles. The van der Waals surface area contributed by atoms with Crippen molar-refractivity contribution in [2.24, 2.45) is 5.73 Å². The van der Waals surface area contributed by atoms with E-state index in [9.17, 15) is 14.9 Å². The van der Waals surface area contributed by atoms with Crippen molar-refractivity contribution in [1.82, 2.24) is 0 Å². The molecule has 0 fully saturated rings. The number of carbonyl (C=O) groups excluding carboxylic acids is 1. The number of hydrogen-bond donors (Lipinski definition) is 1. The molecule has 1 amide bonds. The summed E-state index contributed by atoms with van der Waals surface area (Å²) in [5, 5.41) is 10.5. The van der Waals surface area contributed by atoms with Crippen LogP contribution >= 0.6 is 34.2 Å². The van der Waals surface area contributed by atoms with Gasteiger partial charge in [-0.2, -0.15) is 0 Å². The Hall–Kier alpha value is -0.890. The van der Waals surface area contributed by atoms with Crippen LogP contribution in [0.2, 0.25) is 5.02 Å². The van der Waals surface area contributed by atoms with Crippen LogP contribution in [0.4, 0.5) is 5.69 Å². The van der Waals surface area contributed by atoms with Crippen LogP contribution in [0.5, 0.6) is 0 Å². The number of carbonyl (C=O) groups is 1. The Kier molecular flexibility index (Phi) is 3.27. The van der Waals surface area contributed by atoms with E-state index in [0.717, 1.165) is 0 Å². The highest BCUT2D eigenvalue weighted by atomic mass is 127. The van der Waals surface area contributed by atoms with Crippen LogP contribution in [-0.2, 0) is 0 Å². The number of amides is 1. The maximum absolute atomic E-state index is 10.9. The van der Waals surface area contributed by atoms with E-state index in [0.29, 0.717) is 3.57 Å². The van der Waals surface area contributed by atoms with Crippen LogP contribution in [-0.4, -0.2) is 10.8 Å². The highest BCUT2D eigenvalue weighted by molar-refractivity contribution is 14.1. The topological polar surface area (TPSA) is 86.2 Å². The summed E-state index contributed by atoms with van der Waals surface area (Å²) < 4.78 is 0.545. The van der Waals surface area contributed by atoms with Gasteiger partial charge in [0.05, 0.1) is 9.95 Å². The molecule has 0 saturated heterocycles. The van der Waals surface area contributed by atoms with Gasteiger partial charge in [-0.15, -0.1) is 0 Å². The molecule has 1 rings (SSSR count). The summed E-state index contributed by atoms with van der Waals surface area (Å²) >= 11 is 7.59. The van der Waals surface area contributed by atoms with Gasteiger partial charge in [0.2, 0.25) is 0 Å². The molecule has 0 aliphatic rings. The Morgan fingerprint density at radius 3 is 2.57 bits per heavy atom. The van der Waals surface area contributed by atoms with E-state index >= 15 is 0 Å². The fraction of sp³-hybridized carbons (Fsp3) is 0. The molecular weight excluding hydrogens is 322 g/mol. The van der Waals surface area contributed by atoms with E-state index in [1.165, 1.54) is 12.1 Å². The lowest BCUT2D eigenvalue weighted by molar-refractivity contribution is -0.385. The lowest BCUT2D eigenvalue weighted by Crippen LogP contribution is -2.14. The third kappa shape index (κ3) is 1.95.